The van der Waals surface area contributed by atoms with Crippen molar-refractivity contribution in [3.8, 4) is 0 Å². The van der Waals surface area contributed by atoms with Gasteiger partial charge in [-0.3, -0.25) is 9.59 Å². The van der Waals surface area contributed by atoms with Crippen LogP contribution >= 0.6 is 34.4 Å². The molecule has 0 unspecified atom stereocenters. The fourth-order valence-corrected chi connectivity index (χ4v) is 4.76. The van der Waals surface area contributed by atoms with Crippen molar-refractivity contribution in [3.63, 3.8) is 0 Å². The Morgan fingerprint density at radius 3 is 2.44 bits per heavy atom. The lowest BCUT2D eigenvalue weighted by Gasteiger charge is -2.07. The van der Waals surface area contributed by atoms with Gasteiger partial charge in [0.25, 0.3) is 5.91 Å². The van der Waals surface area contributed by atoms with Gasteiger partial charge in [0.2, 0.25) is 11.0 Å². The zero-order valence-corrected chi connectivity index (χ0v) is 18.8. The molecule has 7 nitrogen and oxygen atoms in total. The predicted octanol–water partition coefficient (Wildman–Crippen LogP) is 5.47. The van der Waals surface area contributed by atoms with Gasteiger partial charge >= 0.3 is 0 Å². The van der Waals surface area contributed by atoms with E-state index in [4.69, 9.17) is 0 Å². The van der Waals surface area contributed by atoms with Crippen molar-refractivity contribution in [1.82, 2.24) is 10.2 Å². The summed E-state index contributed by atoms with van der Waals surface area (Å²) in [4.78, 5) is 24.9. The summed E-state index contributed by atoms with van der Waals surface area (Å²) in [6, 6.07) is 16.5. The number of carbonyl (C=O) groups excluding carboxylic acids is 2. The Labute approximate surface area is 195 Å². The van der Waals surface area contributed by atoms with Crippen LogP contribution in [0.4, 0.5) is 26.6 Å². The van der Waals surface area contributed by atoms with E-state index in [-0.39, 0.29) is 23.4 Å². The number of hydrogen-bond donors (Lipinski definition) is 3. The number of benzene rings is 2. The van der Waals surface area contributed by atoms with Crippen LogP contribution in [0.1, 0.15) is 9.67 Å². The molecule has 0 atom stereocenters. The van der Waals surface area contributed by atoms with Gasteiger partial charge in [0, 0.05) is 17.1 Å². The van der Waals surface area contributed by atoms with E-state index in [0.717, 1.165) is 0 Å². The summed E-state index contributed by atoms with van der Waals surface area (Å²) in [5.74, 6) is -0.550. The Hall–Kier alpha value is -3.28. The minimum Gasteiger partial charge on any atom is -0.330 e. The molecule has 32 heavy (non-hydrogen) atoms. The highest BCUT2D eigenvalue weighted by atomic mass is 32.2. The van der Waals surface area contributed by atoms with Crippen LogP contribution in [-0.4, -0.2) is 27.8 Å². The van der Waals surface area contributed by atoms with Crippen LogP contribution in [0, 0.1) is 5.82 Å². The van der Waals surface area contributed by atoms with Gasteiger partial charge in [-0.25, -0.2) is 4.39 Å². The Kier molecular flexibility index (Phi) is 7.10. The van der Waals surface area contributed by atoms with Gasteiger partial charge in [0.15, 0.2) is 4.34 Å². The van der Waals surface area contributed by atoms with Crippen molar-refractivity contribution in [2.75, 3.05) is 21.7 Å². The molecule has 0 saturated heterocycles. The number of carbonyl (C=O) groups is 2. The third-order valence-corrected chi connectivity index (χ3v) is 6.82. The molecule has 0 aliphatic rings. The second-order valence-electron chi connectivity index (χ2n) is 6.35. The third kappa shape index (κ3) is 6.13. The molecule has 0 fully saturated rings. The second-order valence-corrected chi connectivity index (χ2v) is 9.50. The van der Waals surface area contributed by atoms with E-state index in [1.54, 1.807) is 42.5 Å². The number of halogens is 1. The molecule has 4 rings (SSSR count). The molecule has 2 heterocycles. The van der Waals surface area contributed by atoms with E-state index < -0.39 is 0 Å². The van der Waals surface area contributed by atoms with Gasteiger partial charge in [0.1, 0.15) is 5.82 Å². The van der Waals surface area contributed by atoms with E-state index in [1.807, 2.05) is 11.4 Å². The largest absolute Gasteiger partial charge is 0.330 e. The van der Waals surface area contributed by atoms with Crippen LogP contribution in [-0.2, 0) is 4.79 Å². The first-order valence-corrected chi connectivity index (χ1v) is 12.0. The molecule has 2 aromatic carbocycles. The van der Waals surface area contributed by atoms with Crippen molar-refractivity contribution in [1.29, 1.82) is 0 Å². The average Bonchev–Trinajstić information content (AvgIpc) is 3.46. The molecular formula is C21H16FN5O2S3. The van der Waals surface area contributed by atoms with Gasteiger partial charge in [-0.15, -0.1) is 21.5 Å². The number of rotatable bonds is 8. The highest BCUT2D eigenvalue weighted by molar-refractivity contribution is 8.01. The van der Waals surface area contributed by atoms with Gasteiger partial charge in [-0.2, -0.15) is 0 Å². The smallest absolute Gasteiger partial charge is 0.265 e. The molecule has 2 amide bonds. The quantitative estimate of drug-likeness (QED) is 0.287. The molecule has 2 aromatic heterocycles. The number of hydrogen-bond acceptors (Lipinski definition) is 8. The Morgan fingerprint density at radius 1 is 0.938 bits per heavy atom. The first-order chi connectivity index (χ1) is 15.5. The number of nitrogens with one attached hydrogen (secondary N) is 3. The Balaban J connectivity index is 1.24. The fraction of sp³-hybridized carbons (Fsp3) is 0.0476. The number of amides is 2. The highest BCUT2D eigenvalue weighted by Gasteiger charge is 2.10. The lowest BCUT2D eigenvalue weighted by atomic mass is 10.2. The Morgan fingerprint density at radius 2 is 1.72 bits per heavy atom. The van der Waals surface area contributed by atoms with Crippen LogP contribution in [0.2, 0.25) is 0 Å². The van der Waals surface area contributed by atoms with E-state index >= 15 is 0 Å². The summed E-state index contributed by atoms with van der Waals surface area (Å²) < 4.78 is 13.9. The summed E-state index contributed by atoms with van der Waals surface area (Å²) in [5, 5.41) is 19.0. The van der Waals surface area contributed by atoms with Crippen molar-refractivity contribution >= 4 is 68.4 Å². The van der Waals surface area contributed by atoms with Crippen LogP contribution in [0.25, 0.3) is 0 Å². The maximum absolute atomic E-state index is 13.3. The maximum atomic E-state index is 13.3. The van der Waals surface area contributed by atoms with Gasteiger partial charge in [-0.1, -0.05) is 35.2 Å². The van der Waals surface area contributed by atoms with E-state index in [1.165, 1.54) is 46.6 Å². The monoisotopic (exact) mass is 485 g/mol. The fourth-order valence-electron chi connectivity index (χ4n) is 2.57. The molecule has 11 heteroatoms. The number of thiophene rings is 1. The van der Waals surface area contributed by atoms with Crippen LogP contribution in [0.3, 0.4) is 0 Å². The van der Waals surface area contributed by atoms with E-state index in [0.29, 0.717) is 31.4 Å². The molecular weight excluding hydrogens is 469 g/mol. The van der Waals surface area contributed by atoms with Crippen molar-refractivity contribution in [2.24, 2.45) is 0 Å². The summed E-state index contributed by atoms with van der Waals surface area (Å²) >= 11 is 3.90. The summed E-state index contributed by atoms with van der Waals surface area (Å²) in [7, 11) is 0. The van der Waals surface area contributed by atoms with Crippen molar-refractivity contribution < 1.29 is 14.0 Å². The molecule has 0 aliphatic heterocycles. The number of anilines is 4. The lowest BCUT2D eigenvalue weighted by molar-refractivity contribution is -0.113. The molecule has 162 valence electrons. The van der Waals surface area contributed by atoms with Gasteiger partial charge < -0.3 is 16.0 Å². The Bertz CT molecular complexity index is 1210. The lowest BCUT2D eigenvalue weighted by Crippen LogP contribution is -2.14. The van der Waals surface area contributed by atoms with Crippen LogP contribution in [0.5, 0.6) is 0 Å². The molecule has 0 spiro atoms. The molecule has 0 bridgehead atoms. The second kappa shape index (κ2) is 10.4. The first-order valence-electron chi connectivity index (χ1n) is 9.29. The number of nitrogens with zero attached hydrogens (tertiary/aromatic N) is 2. The molecule has 4 aromatic rings. The van der Waals surface area contributed by atoms with Crippen molar-refractivity contribution in [3.05, 3.63) is 76.7 Å². The number of thioether (sulfide) groups is 1. The third-order valence-electron chi connectivity index (χ3n) is 3.98. The normalized spacial score (nSPS) is 10.5. The topological polar surface area (TPSA) is 96.0 Å². The van der Waals surface area contributed by atoms with Gasteiger partial charge in [-0.05, 0) is 53.9 Å². The molecule has 3 N–H and O–H groups in total. The first kappa shape index (κ1) is 21.9. The summed E-state index contributed by atoms with van der Waals surface area (Å²) in [6.45, 7) is 0. The van der Waals surface area contributed by atoms with E-state index in [9.17, 15) is 14.0 Å². The van der Waals surface area contributed by atoms with Crippen molar-refractivity contribution in [2.45, 2.75) is 4.34 Å². The van der Waals surface area contributed by atoms with Crippen LogP contribution < -0.4 is 16.0 Å². The zero-order valence-electron chi connectivity index (χ0n) is 16.4. The minimum absolute atomic E-state index is 0.158. The number of aromatic nitrogens is 2. The molecule has 0 aliphatic carbocycles. The summed E-state index contributed by atoms with van der Waals surface area (Å²) in [6.07, 6.45) is 0. The average molecular weight is 486 g/mol. The standard InChI is InChI=1S/C21H16FN5O2S3/c22-13-3-1-4-16(11-13)25-20-26-27-21(32-20)31-12-18(28)23-14-6-8-15(9-7-14)24-19(29)17-5-2-10-30-17/h1-11H,12H2,(H,23,28)(H,24,29)(H,25,26). The molecule has 0 radical (unpaired) electrons. The maximum Gasteiger partial charge on any atom is 0.265 e. The van der Waals surface area contributed by atoms with Crippen LogP contribution in [0.15, 0.2) is 70.4 Å². The zero-order chi connectivity index (χ0) is 22.3. The highest BCUT2D eigenvalue weighted by Crippen LogP contribution is 2.28. The SMILES string of the molecule is O=C(CSc1nnc(Nc2cccc(F)c2)s1)Nc1ccc(NC(=O)c2cccs2)cc1. The molecule has 0 saturated carbocycles. The predicted molar refractivity (Wildman–Crippen MR) is 128 cm³/mol. The van der Waals surface area contributed by atoms with Gasteiger partial charge in [0.05, 0.1) is 10.6 Å². The minimum atomic E-state index is -0.344. The summed E-state index contributed by atoms with van der Waals surface area (Å²) in [5.41, 5.74) is 1.84. The van der Waals surface area contributed by atoms with E-state index in [2.05, 4.69) is 26.1 Å².